The zero-order chi connectivity index (χ0) is 9.14. The molecule has 1 heterocycles. The largest absolute Gasteiger partial charge is 0.408 e. The second-order valence-corrected chi connectivity index (χ2v) is 3.36. The SMILES string of the molecule is CC[C@@H](c1n[nH]c(=S)o1)[NH+](C)C. The molecule has 1 aromatic rings. The van der Waals surface area contributed by atoms with Crippen LogP contribution in [0.4, 0.5) is 0 Å². The molecule has 0 radical (unpaired) electrons. The summed E-state index contributed by atoms with van der Waals surface area (Å²) in [5.41, 5.74) is 0. The van der Waals surface area contributed by atoms with Crippen LogP contribution in [0.1, 0.15) is 25.3 Å². The van der Waals surface area contributed by atoms with Gasteiger partial charge in [0.1, 0.15) is 0 Å². The third kappa shape index (κ3) is 1.92. The number of nitrogens with zero attached hydrogens (tertiary/aromatic N) is 1. The van der Waals surface area contributed by atoms with Crippen LogP contribution in [0, 0.1) is 4.84 Å². The second kappa shape index (κ2) is 3.82. The van der Waals surface area contributed by atoms with E-state index in [1.165, 1.54) is 4.90 Å². The van der Waals surface area contributed by atoms with E-state index in [0.29, 0.717) is 10.7 Å². The fourth-order valence-electron chi connectivity index (χ4n) is 1.22. The summed E-state index contributed by atoms with van der Waals surface area (Å²) in [7, 11) is 4.14. The van der Waals surface area contributed by atoms with Crippen LogP contribution < -0.4 is 4.90 Å². The quantitative estimate of drug-likeness (QED) is 0.672. The second-order valence-electron chi connectivity index (χ2n) is 2.99. The summed E-state index contributed by atoms with van der Waals surface area (Å²) in [4.78, 5) is 1.65. The highest BCUT2D eigenvalue weighted by atomic mass is 32.1. The smallest absolute Gasteiger partial charge is 0.284 e. The zero-order valence-electron chi connectivity index (χ0n) is 7.55. The number of hydrogen-bond acceptors (Lipinski definition) is 3. The van der Waals surface area contributed by atoms with Gasteiger partial charge in [-0.25, -0.2) is 5.10 Å². The van der Waals surface area contributed by atoms with Crippen LogP contribution in [-0.2, 0) is 0 Å². The Hall–Kier alpha value is -0.680. The Kier molecular flexibility index (Phi) is 2.99. The molecule has 4 nitrogen and oxygen atoms in total. The van der Waals surface area contributed by atoms with Gasteiger partial charge in [0.2, 0.25) is 0 Å². The fraction of sp³-hybridized carbons (Fsp3) is 0.714. The molecular formula is C7H14N3OS+. The van der Waals surface area contributed by atoms with Crippen molar-refractivity contribution < 1.29 is 9.32 Å². The molecule has 0 aliphatic carbocycles. The Labute approximate surface area is 76.6 Å². The molecule has 12 heavy (non-hydrogen) atoms. The summed E-state index contributed by atoms with van der Waals surface area (Å²) in [6.07, 6.45) is 0.992. The van der Waals surface area contributed by atoms with Crippen molar-refractivity contribution in [2.24, 2.45) is 0 Å². The van der Waals surface area contributed by atoms with Gasteiger partial charge in [0.15, 0.2) is 6.04 Å². The van der Waals surface area contributed by atoms with E-state index in [4.69, 9.17) is 16.6 Å². The molecule has 0 spiro atoms. The third-order valence-electron chi connectivity index (χ3n) is 1.86. The molecule has 0 aromatic carbocycles. The predicted molar refractivity (Wildman–Crippen MR) is 47.5 cm³/mol. The minimum absolute atomic E-state index is 0.290. The van der Waals surface area contributed by atoms with Crippen LogP contribution in [0.3, 0.4) is 0 Å². The average Bonchev–Trinajstić information content (AvgIpc) is 2.37. The van der Waals surface area contributed by atoms with Gasteiger partial charge in [-0.1, -0.05) is 6.92 Å². The number of H-pyrrole nitrogens is 1. The van der Waals surface area contributed by atoms with Gasteiger partial charge in [-0.2, -0.15) is 0 Å². The Morgan fingerprint density at radius 1 is 1.67 bits per heavy atom. The summed E-state index contributed by atoms with van der Waals surface area (Å²) >= 11 is 4.79. The first-order valence-electron chi connectivity index (χ1n) is 4.00. The first-order valence-corrected chi connectivity index (χ1v) is 4.41. The first-order chi connectivity index (χ1) is 5.65. The summed E-state index contributed by atoms with van der Waals surface area (Å²) < 4.78 is 5.23. The van der Waals surface area contributed by atoms with E-state index in [-0.39, 0.29) is 6.04 Å². The van der Waals surface area contributed by atoms with Gasteiger partial charge in [0.25, 0.3) is 10.7 Å². The molecule has 0 saturated carbocycles. The maximum absolute atomic E-state index is 5.23. The number of quaternary nitrogens is 1. The third-order valence-corrected chi connectivity index (χ3v) is 2.03. The number of aromatic nitrogens is 2. The molecule has 1 atom stereocenters. The van der Waals surface area contributed by atoms with E-state index >= 15 is 0 Å². The maximum Gasteiger partial charge on any atom is 0.284 e. The van der Waals surface area contributed by atoms with E-state index in [9.17, 15) is 0 Å². The van der Waals surface area contributed by atoms with Crippen LogP contribution in [0.2, 0.25) is 0 Å². The van der Waals surface area contributed by atoms with Gasteiger partial charge in [0, 0.05) is 6.42 Å². The van der Waals surface area contributed by atoms with Gasteiger partial charge in [-0.3, -0.25) is 0 Å². The topological polar surface area (TPSA) is 46.3 Å². The van der Waals surface area contributed by atoms with E-state index in [2.05, 4.69) is 31.2 Å². The molecule has 0 aliphatic rings. The molecule has 0 bridgehead atoms. The van der Waals surface area contributed by atoms with Crippen LogP contribution in [0.15, 0.2) is 4.42 Å². The summed E-state index contributed by atoms with van der Waals surface area (Å²) in [5.74, 6) is 0.697. The van der Waals surface area contributed by atoms with Crippen molar-refractivity contribution in [3.8, 4) is 0 Å². The van der Waals surface area contributed by atoms with Crippen molar-refractivity contribution >= 4 is 12.2 Å². The molecule has 68 valence electrons. The highest BCUT2D eigenvalue weighted by Gasteiger charge is 2.20. The number of hydrogen-bond donors (Lipinski definition) is 2. The van der Waals surface area contributed by atoms with Crippen LogP contribution in [-0.4, -0.2) is 24.3 Å². The summed E-state index contributed by atoms with van der Waals surface area (Å²) in [5, 5.41) is 6.61. The number of aromatic amines is 1. The van der Waals surface area contributed by atoms with Gasteiger partial charge in [-0.05, 0) is 12.2 Å². The number of rotatable bonds is 3. The lowest BCUT2D eigenvalue weighted by molar-refractivity contribution is -0.894. The normalized spacial score (nSPS) is 13.7. The first kappa shape index (κ1) is 9.41. The van der Waals surface area contributed by atoms with Crippen molar-refractivity contribution in [1.82, 2.24) is 10.2 Å². The molecule has 0 aliphatic heterocycles. The molecule has 0 amide bonds. The van der Waals surface area contributed by atoms with Gasteiger partial charge >= 0.3 is 0 Å². The lowest BCUT2D eigenvalue weighted by Gasteiger charge is -2.15. The van der Waals surface area contributed by atoms with Crippen LogP contribution >= 0.6 is 12.2 Å². The Morgan fingerprint density at radius 2 is 2.33 bits per heavy atom. The molecule has 2 N–H and O–H groups in total. The van der Waals surface area contributed by atoms with Crippen molar-refractivity contribution in [3.63, 3.8) is 0 Å². The molecule has 1 rings (SSSR count). The van der Waals surface area contributed by atoms with Crippen molar-refractivity contribution in [2.45, 2.75) is 19.4 Å². The monoisotopic (exact) mass is 188 g/mol. The predicted octanol–water partition coefficient (Wildman–Crippen LogP) is 0.328. The maximum atomic E-state index is 5.23. The zero-order valence-corrected chi connectivity index (χ0v) is 8.36. The molecule has 0 saturated heterocycles. The molecule has 1 aromatic heterocycles. The van der Waals surface area contributed by atoms with Gasteiger partial charge in [-0.15, -0.1) is 5.10 Å². The molecule has 0 unspecified atom stereocenters. The standard InChI is InChI=1S/C7H13N3OS/c1-4-5(10(2)3)6-8-9-7(12)11-6/h5H,4H2,1-3H3,(H,9,12)/p+1/t5-/m0/s1. The molecule has 0 fully saturated rings. The Bertz CT molecular complexity index is 291. The van der Waals surface area contributed by atoms with Crippen LogP contribution in [0.25, 0.3) is 0 Å². The van der Waals surface area contributed by atoms with Crippen molar-refractivity contribution in [3.05, 3.63) is 10.7 Å². The summed E-state index contributed by atoms with van der Waals surface area (Å²) in [6, 6.07) is 0.290. The van der Waals surface area contributed by atoms with Crippen molar-refractivity contribution in [1.29, 1.82) is 0 Å². The molecular weight excluding hydrogens is 174 g/mol. The lowest BCUT2D eigenvalue weighted by atomic mass is 10.2. The van der Waals surface area contributed by atoms with E-state index in [1.807, 2.05) is 0 Å². The minimum Gasteiger partial charge on any atom is -0.408 e. The highest BCUT2D eigenvalue weighted by Crippen LogP contribution is 2.08. The van der Waals surface area contributed by atoms with Crippen LogP contribution in [0.5, 0.6) is 0 Å². The van der Waals surface area contributed by atoms with E-state index < -0.39 is 0 Å². The van der Waals surface area contributed by atoms with E-state index in [0.717, 1.165) is 6.42 Å². The summed E-state index contributed by atoms with van der Waals surface area (Å²) in [6.45, 7) is 2.10. The fourth-order valence-corrected chi connectivity index (χ4v) is 1.35. The lowest BCUT2D eigenvalue weighted by Crippen LogP contribution is -3.06. The van der Waals surface area contributed by atoms with Gasteiger partial charge < -0.3 is 9.32 Å². The highest BCUT2D eigenvalue weighted by molar-refractivity contribution is 7.71. The van der Waals surface area contributed by atoms with Crippen molar-refractivity contribution in [2.75, 3.05) is 14.1 Å². The number of nitrogens with one attached hydrogen (secondary N) is 2. The minimum atomic E-state index is 0.290. The average molecular weight is 188 g/mol. The van der Waals surface area contributed by atoms with Gasteiger partial charge in [0.05, 0.1) is 14.1 Å². The van der Waals surface area contributed by atoms with E-state index in [1.54, 1.807) is 0 Å². The Balaban J connectivity index is 2.87. The Morgan fingerprint density at radius 3 is 2.67 bits per heavy atom. The molecule has 5 heteroatoms.